The first-order valence-corrected chi connectivity index (χ1v) is 6.74. The smallest absolute Gasteiger partial charge is 0.165 e. The molecule has 4 nitrogen and oxygen atoms in total. The molecule has 0 radical (unpaired) electrons. The van der Waals surface area contributed by atoms with Gasteiger partial charge in [-0.3, -0.25) is 0 Å². The molecule has 2 N–H and O–H groups in total. The maximum absolute atomic E-state index is 9.00. The summed E-state index contributed by atoms with van der Waals surface area (Å²) in [5.74, 6) is 1.37. The van der Waals surface area contributed by atoms with Crippen LogP contribution in [-0.4, -0.2) is 18.1 Å². The van der Waals surface area contributed by atoms with Crippen LogP contribution in [0.4, 0.5) is 11.5 Å². The third-order valence-corrected chi connectivity index (χ3v) is 3.80. The molecule has 2 aromatic rings. The number of aromatic nitrogens is 1. The minimum absolute atomic E-state index is 0.311. The molecule has 0 bridgehead atoms. The molecule has 3 rings (SSSR count). The summed E-state index contributed by atoms with van der Waals surface area (Å²) in [5.41, 5.74) is 7.83. The van der Waals surface area contributed by atoms with Gasteiger partial charge in [0.2, 0.25) is 0 Å². The molecule has 1 atom stereocenters. The number of pyridine rings is 1. The molecule has 20 heavy (non-hydrogen) atoms. The topological polar surface area (TPSA) is 65.9 Å². The molecular weight excluding hydrogens is 248 g/mol. The van der Waals surface area contributed by atoms with Crippen LogP contribution in [0, 0.1) is 11.3 Å². The van der Waals surface area contributed by atoms with Crippen molar-refractivity contribution in [1.82, 2.24) is 4.98 Å². The minimum Gasteiger partial charge on any atom is -0.396 e. The summed E-state index contributed by atoms with van der Waals surface area (Å²) in [5, 5.41) is 9.00. The van der Waals surface area contributed by atoms with E-state index in [0.717, 1.165) is 25.3 Å². The molecule has 100 valence electrons. The van der Waals surface area contributed by atoms with Gasteiger partial charge in [0.05, 0.1) is 5.69 Å². The molecule has 1 aromatic heterocycles. The Morgan fingerprint density at radius 3 is 2.75 bits per heavy atom. The maximum Gasteiger partial charge on any atom is 0.165 e. The first-order chi connectivity index (χ1) is 9.78. The second kappa shape index (κ2) is 5.22. The van der Waals surface area contributed by atoms with Crippen LogP contribution < -0.4 is 10.6 Å². The van der Waals surface area contributed by atoms with Crippen molar-refractivity contribution in [1.29, 1.82) is 5.26 Å². The number of hydrogen-bond acceptors (Lipinski definition) is 4. The van der Waals surface area contributed by atoms with E-state index in [0.29, 0.717) is 17.3 Å². The molecule has 4 heteroatoms. The first kappa shape index (κ1) is 12.5. The van der Waals surface area contributed by atoms with Crippen LogP contribution in [0.3, 0.4) is 0 Å². The van der Waals surface area contributed by atoms with Crippen LogP contribution >= 0.6 is 0 Å². The lowest BCUT2D eigenvalue weighted by molar-refractivity contribution is 0.774. The number of hydrogen-bond donors (Lipinski definition) is 1. The Kier molecular flexibility index (Phi) is 3.26. The molecule has 1 aliphatic rings. The lowest BCUT2D eigenvalue weighted by Crippen LogP contribution is -2.20. The minimum atomic E-state index is 0.311. The number of rotatable bonds is 2. The van der Waals surface area contributed by atoms with E-state index >= 15 is 0 Å². The van der Waals surface area contributed by atoms with Gasteiger partial charge in [-0.25, -0.2) is 4.98 Å². The summed E-state index contributed by atoms with van der Waals surface area (Å²) in [4.78, 5) is 6.56. The molecule has 1 aromatic carbocycles. The molecule has 0 spiro atoms. The Morgan fingerprint density at radius 1 is 1.20 bits per heavy atom. The van der Waals surface area contributed by atoms with Gasteiger partial charge in [-0.2, -0.15) is 5.26 Å². The fourth-order valence-electron chi connectivity index (χ4n) is 2.69. The van der Waals surface area contributed by atoms with Gasteiger partial charge in [0, 0.05) is 19.0 Å². The zero-order chi connectivity index (χ0) is 13.9. The number of nitriles is 1. The van der Waals surface area contributed by atoms with Crippen LogP contribution in [0.5, 0.6) is 0 Å². The van der Waals surface area contributed by atoms with E-state index in [-0.39, 0.29) is 0 Å². The highest BCUT2D eigenvalue weighted by Crippen LogP contribution is 2.30. The van der Waals surface area contributed by atoms with Crippen molar-refractivity contribution in [2.45, 2.75) is 12.3 Å². The SMILES string of the molecule is N#Cc1nc(N2CCC(c3ccccc3)C2)ccc1N. The quantitative estimate of drug-likeness (QED) is 0.905. The molecular formula is C16H16N4. The van der Waals surface area contributed by atoms with E-state index < -0.39 is 0 Å². The van der Waals surface area contributed by atoms with E-state index in [2.05, 4.69) is 34.1 Å². The van der Waals surface area contributed by atoms with E-state index in [4.69, 9.17) is 11.0 Å². The first-order valence-electron chi connectivity index (χ1n) is 6.74. The zero-order valence-electron chi connectivity index (χ0n) is 11.2. The fraction of sp³-hybridized carbons (Fsp3) is 0.250. The van der Waals surface area contributed by atoms with E-state index in [1.165, 1.54) is 5.56 Å². The van der Waals surface area contributed by atoms with Crippen molar-refractivity contribution in [3.8, 4) is 6.07 Å². The predicted molar refractivity (Wildman–Crippen MR) is 79.4 cm³/mol. The van der Waals surface area contributed by atoms with Crippen molar-refractivity contribution < 1.29 is 0 Å². The monoisotopic (exact) mass is 264 g/mol. The number of nitrogens with zero attached hydrogens (tertiary/aromatic N) is 3. The Bertz CT molecular complexity index is 645. The van der Waals surface area contributed by atoms with Crippen molar-refractivity contribution in [3.63, 3.8) is 0 Å². The lowest BCUT2D eigenvalue weighted by atomic mass is 9.99. The van der Waals surface area contributed by atoms with Crippen molar-refractivity contribution >= 4 is 11.5 Å². The van der Waals surface area contributed by atoms with Crippen LogP contribution in [0.25, 0.3) is 0 Å². The standard InChI is InChI=1S/C16H16N4/c17-10-15-14(18)6-7-16(19-15)20-9-8-13(11-20)12-4-2-1-3-5-12/h1-7,13H,8-9,11,18H2. The average molecular weight is 264 g/mol. The van der Waals surface area contributed by atoms with Gasteiger partial charge < -0.3 is 10.6 Å². The highest BCUT2D eigenvalue weighted by Gasteiger charge is 2.24. The summed E-state index contributed by atoms with van der Waals surface area (Å²) in [7, 11) is 0. The fourth-order valence-corrected chi connectivity index (χ4v) is 2.69. The molecule has 0 aliphatic carbocycles. The Balaban J connectivity index is 1.79. The summed E-state index contributed by atoms with van der Waals surface area (Å²) in [6.07, 6.45) is 1.11. The van der Waals surface area contributed by atoms with Crippen LogP contribution in [-0.2, 0) is 0 Å². The van der Waals surface area contributed by atoms with E-state index in [1.54, 1.807) is 6.07 Å². The molecule has 0 saturated carbocycles. The lowest BCUT2D eigenvalue weighted by Gasteiger charge is -2.18. The predicted octanol–water partition coefficient (Wildman–Crippen LogP) is 2.53. The molecule has 0 amide bonds. The van der Waals surface area contributed by atoms with Crippen LogP contribution in [0.1, 0.15) is 23.6 Å². The highest BCUT2D eigenvalue weighted by molar-refractivity contribution is 5.56. The van der Waals surface area contributed by atoms with Crippen molar-refractivity contribution in [3.05, 3.63) is 53.7 Å². The van der Waals surface area contributed by atoms with E-state index in [9.17, 15) is 0 Å². The van der Waals surface area contributed by atoms with Gasteiger partial charge in [-0.15, -0.1) is 0 Å². The Hall–Kier alpha value is -2.54. The van der Waals surface area contributed by atoms with Crippen molar-refractivity contribution in [2.24, 2.45) is 0 Å². The van der Waals surface area contributed by atoms with Gasteiger partial charge in [-0.05, 0) is 24.1 Å². The summed E-state index contributed by atoms with van der Waals surface area (Å²) < 4.78 is 0. The van der Waals surface area contributed by atoms with Gasteiger partial charge in [0.1, 0.15) is 11.9 Å². The number of anilines is 2. The highest BCUT2D eigenvalue weighted by atomic mass is 15.2. The van der Waals surface area contributed by atoms with Crippen LogP contribution in [0.15, 0.2) is 42.5 Å². The van der Waals surface area contributed by atoms with Crippen molar-refractivity contribution in [2.75, 3.05) is 23.7 Å². The summed E-state index contributed by atoms with van der Waals surface area (Å²) in [6, 6.07) is 16.2. The van der Waals surface area contributed by atoms with E-state index in [1.807, 2.05) is 18.2 Å². The molecule has 2 heterocycles. The van der Waals surface area contributed by atoms with Crippen LogP contribution in [0.2, 0.25) is 0 Å². The largest absolute Gasteiger partial charge is 0.396 e. The number of nitrogens with two attached hydrogens (primary N) is 1. The average Bonchev–Trinajstić information content (AvgIpc) is 2.98. The number of nitrogen functional groups attached to an aromatic ring is 1. The molecule has 1 unspecified atom stereocenters. The maximum atomic E-state index is 9.00. The summed E-state index contributed by atoms with van der Waals surface area (Å²) >= 11 is 0. The molecule has 1 aliphatic heterocycles. The van der Waals surface area contributed by atoms with Gasteiger partial charge in [0.25, 0.3) is 0 Å². The second-order valence-electron chi connectivity index (χ2n) is 5.06. The third-order valence-electron chi connectivity index (χ3n) is 3.80. The normalized spacial score (nSPS) is 17.9. The number of benzene rings is 1. The third kappa shape index (κ3) is 2.30. The van der Waals surface area contributed by atoms with Gasteiger partial charge in [0.15, 0.2) is 5.69 Å². The molecule has 1 saturated heterocycles. The molecule has 1 fully saturated rings. The second-order valence-corrected chi connectivity index (χ2v) is 5.06. The van der Waals surface area contributed by atoms with Gasteiger partial charge in [-0.1, -0.05) is 30.3 Å². The Labute approximate surface area is 118 Å². The zero-order valence-corrected chi connectivity index (χ0v) is 11.2. The Morgan fingerprint density at radius 2 is 2.00 bits per heavy atom. The summed E-state index contributed by atoms with van der Waals surface area (Å²) in [6.45, 7) is 1.90. The van der Waals surface area contributed by atoms with Gasteiger partial charge >= 0.3 is 0 Å².